The molecule has 2 unspecified atom stereocenters. The molecule has 2 heteroatoms. The van der Waals surface area contributed by atoms with Crippen molar-refractivity contribution >= 4 is 0 Å². The molecular weight excluding hydrogens is 148 g/mol. The van der Waals surface area contributed by atoms with Gasteiger partial charge in [-0.05, 0) is 51.2 Å². The molecule has 0 aliphatic carbocycles. The predicted octanol–water partition coefficient (Wildman–Crippen LogP) is 1.43. The molecule has 0 bridgehead atoms. The molecule has 0 spiro atoms. The molecule has 2 nitrogen and oxygen atoms in total. The van der Waals surface area contributed by atoms with Crippen LogP contribution in [0, 0.1) is 5.92 Å². The number of piperidine rings is 1. The Morgan fingerprint density at radius 1 is 1.25 bits per heavy atom. The molecule has 1 N–H and O–H groups in total. The van der Waals surface area contributed by atoms with Crippen molar-refractivity contribution in [3.8, 4) is 0 Å². The van der Waals surface area contributed by atoms with E-state index in [9.17, 15) is 0 Å². The molecule has 2 rings (SSSR count). The van der Waals surface area contributed by atoms with E-state index in [1.54, 1.807) is 0 Å². The van der Waals surface area contributed by atoms with Gasteiger partial charge < -0.3 is 5.32 Å². The van der Waals surface area contributed by atoms with Crippen molar-refractivity contribution in [2.24, 2.45) is 5.92 Å². The fourth-order valence-corrected chi connectivity index (χ4v) is 2.41. The van der Waals surface area contributed by atoms with Crippen molar-refractivity contribution < 1.29 is 0 Å². The van der Waals surface area contributed by atoms with Gasteiger partial charge >= 0.3 is 0 Å². The second kappa shape index (κ2) is 3.75. The van der Waals surface area contributed by atoms with Gasteiger partial charge in [0.05, 0.1) is 6.17 Å². The molecule has 2 aliphatic rings. The number of likely N-dealkylation sites (tertiary alicyclic amines) is 1. The lowest BCUT2D eigenvalue weighted by Gasteiger charge is -2.34. The molecule has 0 saturated carbocycles. The fraction of sp³-hybridized carbons (Fsp3) is 1.00. The lowest BCUT2D eigenvalue weighted by atomic mass is 9.97. The molecule has 70 valence electrons. The van der Waals surface area contributed by atoms with Crippen molar-refractivity contribution in [2.75, 3.05) is 19.6 Å². The van der Waals surface area contributed by atoms with Gasteiger partial charge in [-0.1, -0.05) is 6.92 Å². The highest BCUT2D eigenvalue weighted by Crippen LogP contribution is 2.20. The van der Waals surface area contributed by atoms with E-state index < -0.39 is 0 Å². The van der Waals surface area contributed by atoms with Crippen LogP contribution in [0.25, 0.3) is 0 Å². The number of hydrogen-bond acceptors (Lipinski definition) is 2. The Labute approximate surface area is 75.3 Å². The summed E-state index contributed by atoms with van der Waals surface area (Å²) in [4.78, 5) is 2.62. The summed E-state index contributed by atoms with van der Waals surface area (Å²) in [5.74, 6) is 0.928. The number of nitrogens with zero attached hydrogens (tertiary/aromatic N) is 1. The SMILES string of the molecule is CC1CCNC(N2CCCC2)C1. The number of nitrogens with one attached hydrogen (secondary N) is 1. The molecule has 2 aliphatic heterocycles. The van der Waals surface area contributed by atoms with Crippen molar-refractivity contribution in [3.63, 3.8) is 0 Å². The van der Waals surface area contributed by atoms with E-state index in [4.69, 9.17) is 0 Å². The maximum atomic E-state index is 3.62. The predicted molar refractivity (Wildman–Crippen MR) is 51.0 cm³/mol. The first-order chi connectivity index (χ1) is 5.86. The summed E-state index contributed by atoms with van der Waals surface area (Å²) in [6.07, 6.45) is 6.25. The average Bonchev–Trinajstić information content (AvgIpc) is 2.56. The van der Waals surface area contributed by atoms with Crippen LogP contribution >= 0.6 is 0 Å². The molecular formula is C10H20N2. The molecule has 2 heterocycles. The van der Waals surface area contributed by atoms with Crippen LogP contribution in [0.15, 0.2) is 0 Å². The van der Waals surface area contributed by atoms with Gasteiger partial charge in [-0.3, -0.25) is 4.90 Å². The van der Waals surface area contributed by atoms with E-state index >= 15 is 0 Å². The number of rotatable bonds is 1. The first kappa shape index (κ1) is 8.52. The summed E-state index contributed by atoms with van der Waals surface area (Å²) in [6, 6.07) is 0. The first-order valence-corrected chi connectivity index (χ1v) is 5.33. The van der Waals surface area contributed by atoms with Gasteiger partial charge in [-0.25, -0.2) is 0 Å². The highest BCUT2D eigenvalue weighted by molar-refractivity contribution is 4.79. The molecule has 0 aromatic rings. The summed E-state index contributed by atoms with van der Waals surface area (Å²) < 4.78 is 0. The minimum atomic E-state index is 0.705. The molecule has 2 saturated heterocycles. The third kappa shape index (κ3) is 1.80. The van der Waals surface area contributed by atoms with Crippen LogP contribution in [0.4, 0.5) is 0 Å². The Kier molecular flexibility index (Phi) is 2.66. The number of hydrogen-bond donors (Lipinski definition) is 1. The van der Waals surface area contributed by atoms with Gasteiger partial charge in [0.2, 0.25) is 0 Å². The molecule has 2 fully saturated rings. The third-order valence-corrected chi connectivity index (χ3v) is 3.22. The quantitative estimate of drug-likeness (QED) is 0.637. The van der Waals surface area contributed by atoms with Crippen LogP contribution in [-0.2, 0) is 0 Å². The second-order valence-electron chi connectivity index (χ2n) is 4.34. The molecule has 12 heavy (non-hydrogen) atoms. The zero-order chi connectivity index (χ0) is 8.39. The Morgan fingerprint density at radius 3 is 2.67 bits per heavy atom. The van der Waals surface area contributed by atoms with Gasteiger partial charge in [-0.2, -0.15) is 0 Å². The zero-order valence-corrected chi connectivity index (χ0v) is 8.05. The van der Waals surface area contributed by atoms with E-state index in [1.165, 1.54) is 45.3 Å². The second-order valence-corrected chi connectivity index (χ2v) is 4.34. The van der Waals surface area contributed by atoms with Gasteiger partial charge in [0.1, 0.15) is 0 Å². The summed E-state index contributed by atoms with van der Waals surface area (Å²) in [5.41, 5.74) is 0. The highest BCUT2D eigenvalue weighted by Gasteiger charge is 2.25. The van der Waals surface area contributed by atoms with Crippen LogP contribution in [0.2, 0.25) is 0 Å². The molecule has 0 aromatic heterocycles. The fourth-order valence-electron chi connectivity index (χ4n) is 2.41. The standard InChI is InChI=1S/C10H20N2/c1-9-4-5-11-10(8-9)12-6-2-3-7-12/h9-11H,2-8H2,1H3. The van der Waals surface area contributed by atoms with E-state index in [0.717, 1.165) is 5.92 Å². The van der Waals surface area contributed by atoms with Crippen LogP contribution in [-0.4, -0.2) is 30.7 Å². The van der Waals surface area contributed by atoms with Gasteiger partial charge in [0.15, 0.2) is 0 Å². The van der Waals surface area contributed by atoms with Crippen LogP contribution < -0.4 is 5.32 Å². The lowest BCUT2D eigenvalue weighted by molar-refractivity contribution is 0.144. The van der Waals surface area contributed by atoms with Crippen molar-refractivity contribution in [3.05, 3.63) is 0 Å². The summed E-state index contributed by atoms with van der Waals surface area (Å²) in [6.45, 7) is 6.25. The van der Waals surface area contributed by atoms with E-state index in [-0.39, 0.29) is 0 Å². The van der Waals surface area contributed by atoms with Crippen LogP contribution in [0.1, 0.15) is 32.6 Å². The van der Waals surface area contributed by atoms with Gasteiger partial charge in [0, 0.05) is 0 Å². The maximum Gasteiger partial charge on any atom is 0.0599 e. The first-order valence-electron chi connectivity index (χ1n) is 5.33. The normalized spacial score (nSPS) is 38.8. The molecule has 0 aromatic carbocycles. The molecule has 0 radical (unpaired) electrons. The smallest absolute Gasteiger partial charge is 0.0599 e. The Morgan fingerprint density at radius 2 is 2.00 bits per heavy atom. The Balaban J connectivity index is 1.85. The van der Waals surface area contributed by atoms with Gasteiger partial charge in [-0.15, -0.1) is 0 Å². The monoisotopic (exact) mass is 168 g/mol. The average molecular weight is 168 g/mol. The largest absolute Gasteiger partial charge is 0.302 e. The van der Waals surface area contributed by atoms with Gasteiger partial charge in [0.25, 0.3) is 0 Å². The summed E-state index contributed by atoms with van der Waals surface area (Å²) in [5, 5.41) is 3.62. The lowest BCUT2D eigenvalue weighted by Crippen LogP contribution is -2.48. The molecule has 0 amide bonds. The topological polar surface area (TPSA) is 15.3 Å². The van der Waals surface area contributed by atoms with Crippen molar-refractivity contribution in [2.45, 2.75) is 38.8 Å². The summed E-state index contributed by atoms with van der Waals surface area (Å²) >= 11 is 0. The maximum absolute atomic E-state index is 3.62. The van der Waals surface area contributed by atoms with Crippen molar-refractivity contribution in [1.29, 1.82) is 0 Å². The minimum absolute atomic E-state index is 0.705. The zero-order valence-electron chi connectivity index (χ0n) is 8.05. The minimum Gasteiger partial charge on any atom is -0.302 e. The Bertz CT molecular complexity index is 141. The van der Waals surface area contributed by atoms with Crippen molar-refractivity contribution in [1.82, 2.24) is 10.2 Å². The van der Waals surface area contributed by atoms with Crippen LogP contribution in [0.3, 0.4) is 0 Å². The molecule has 2 atom stereocenters. The van der Waals surface area contributed by atoms with E-state index in [0.29, 0.717) is 6.17 Å². The third-order valence-electron chi connectivity index (χ3n) is 3.22. The van der Waals surface area contributed by atoms with Crippen LogP contribution in [0.5, 0.6) is 0 Å². The summed E-state index contributed by atoms with van der Waals surface area (Å²) in [7, 11) is 0. The van der Waals surface area contributed by atoms with E-state index in [2.05, 4.69) is 17.1 Å². The Hall–Kier alpha value is -0.0800. The van der Waals surface area contributed by atoms with E-state index in [1.807, 2.05) is 0 Å². The highest BCUT2D eigenvalue weighted by atomic mass is 15.3.